The van der Waals surface area contributed by atoms with E-state index in [1.807, 2.05) is 73.7 Å². The maximum atomic E-state index is 6.39. The van der Waals surface area contributed by atoms with Gasteiger partial charge in [-0.2, -0.15) is 5.10 Å². The lowest BCUT2D eigenvalue weighted by atomic mass is 9.88. The van der Waals surface area contributed by atoms with E-state index in [0.29, 0.717) is 34.0 Å². The SMILES string of the molecule is Cc1nn(-c2ccc(Cl)cc2)c2c1C(c1ccco1)c1c(ncn3nc(CO/N=C/c4ccccc4)nc13)O2. The Kier molecular flexibility index (Phi) is 5.59. The van der Waals surface area contributed by atoms with Gasteiger partial charge in [0.15, 0.2) is 18.1 Å². The minimum Gasteiger partial charge on any atom is -0.468 e. The van der Waals surface area contributed by atoms with Gasteiger partial charge in [0.1, 0.15) is 12.1 Å². The van der Waals surface area contributed by atoms with Crippen molar-refractivity contribution in [3.63, 3.8) is 0 Å². The lowest BCUT2D eigenvalue weighted by Gasteiger charge is -2.24. The van der Waals surface area contributed by atoms with Gasteiger partial charge in [-0.15, -0.1) is 5.10 Å². The largest absolute Gasteiger partial charge is 0.468 e. The molecule has 1 atom stereocenters. The lowest BCUT2D eigenvalue weighted by molar-refractivity contribution is 0.126. The Balaban J connectivity index is 1.29. The Bertz CT molecular complexity index is 1810. The first-order valence-electron chi connectivity index (χ1n) is 12.2. The van der Waals surface area contributed by atoms with Gasteiger partial charge < -0.3 is 14.0 Å². The summed E-state index contributed by atoms with van der Waals surface area (Å²) in [5.41, 5.74) is 4.69. The van der Waals surface area contributed by atoms with Crippen molar-refractivity contribution in [1.82, 2.24) is 29.4 Å². The van der Waals surface area contributed by atoms with Crippen LogP contribution in [0.4, 0.5) is 0 Å². The molecular formula is C28H20ClN7O3. The van der Waals surface area contributed by atoms with Crippen LogP contribution in [0.2, 0.25) is 5.02 Å². The van der Waals surface area contributed by atoms with Crippen LogP contribution in [0.1, 0.15) is 39.9 Å². The fraction of sp³-hybridized carbons (Fsp3) is 0.107. The van der Waals surface area contributed by atoms with Gasteiger partial charge in [0, 0.05) is 5.02 Å². The molecule has 0 amide bonds. The van der Waals surface area contributed by atoms with E-state index in [1.54, 1.807) is 28.0 Å². The molecule has 0 aliphatic carbocycles. The number of halogens is 1. The average molecular weight is 538 g/mol. The Labute approximate surface area is 227 Å². The molecule has 0 saturated heterocycles. The molecule has 0 N–H and O–H groups in total. The summed E-state index contributed by atoms with van der Waals surface area (Å²) in [6.07, 6.45) is 4.85. The maximum Gasteiger partial charge on any atom is 0.230 e. The predicted octanol–water partition coefficient (Wildman–Crippen LogP) is 5.70. The van der Waals surface area contributed by atoms with E-state index in [1.165, 1.54) is 0 Å². The number of hydrogen-bond donors (Lipinski definition) is 0. The van der Waals surface area contributed by atoms with Crippen molar-refractivity contribution in [2.45, 2.75) is 19.4 Å². The number of rotatable bonds is 6. The van der Waals surface area contributed by atoms with Crippen molar-refractivity contribution in [2.24, 2.45) is 5.16 Å². The fourth-order valence-electron chi connectivity index (χ4n) is 4.71. The number of nitrogens with zero attached hydrogens (tertiary/aromatic N) is 7. The molecule has 1 aliphatic heterocycles. The standard InChI is InChI=1S/C28H20ClN7O3/c1-17-23-24(21-8-5-13-37-21)25-26-32-22(15-38-31-14-18-6-3-2-4-7-18)34-35(26)16-30-27(25)39-28(23)36(33-17)20-11-9-19(29)10-12-20/h2-14,16,24H,15H2,1H3/b31-14+. The van der Waals surface area contributed by atoms with E-state index in [9.17, 15) is 0 Å². The van der Waals surface area contributed by atoms with Gasteiger partial charge in [-0.1, -0.05) is 47.1 Å². The number of benzene rings is 2. The number of ether oxygens (including phenoxy) is 1. The highest BCUT2D eigenvalue weighted by molar-refractivity contribution is 6.30. The van der Waals surface area contributed by atoms with Crippen LogP contribution in [-0.4, -0.2) is 35.6 Å². The number of fused-ring (bicyclic) bond motifs is 4. The van der Waals surface area contributed by atoms with Crippen LogP contribution in [0.15, 0.2) is 88.9 Å². The molecule has 0 fully saturated rings. The summed E-state index contributed by atoms with van der Waals surface area (Å²) in [5.74, 6) is 1.74. The molecule has 4 aromatic heterocycles. The zero-order valence-electron chi connectivity index (χ0n) is 20.6. The van der Waals surface area contributed by atoms with Gasteiger partial charge >= 0.3 is 0 Å². The molecule has 0 spiro atoms. The second kappa shape index (κ2) is 9.41. The molecular weight excluding hydrogens is 518 g/mol. The zero-order valence-corrected chi connectivity index (χ0v) is 21.4. The number of oxime groups is 1. The quantitative estimate of drug-likeness (QED) is 0.198. The van der Waals surface area contributed by atoms with Crippen molar-refractivity contribution in [2.75, 3.05) is 0 Å². The molecule has 0 radical (unpaired) electrons. The summed E-state index contributed by atoms with van der Waals surface area (Å²) in [6.45, 7) is 2.03. The third-order valence-electron chi connectivity index (χ3n) is 6.43. The van der Waals surface area contributed by atoms with Gasteiger partial charge in [-0.25, -0.2) is 19.2 Å². The van der Waals surface area contributed by atoms with Crippen LogP contribution in [-0.2, 0) is 11.4 Å². The highest BCUT2D eigenvalue weighted by Crippen LogP contribution is 2.49. The van der Waals surface area contributed by atoms with Gasteiger partial charge in [0.05, 0.1) is 40.9 Å². The lowest BCUT2D eigenvalue weighted by Crippen LogP contribution is -2.15. The first-order valence-corrected chi connectivity index (χ1v) is 12.5. The van der Waals surface area contributed by atoms with Crippen LogP contribution in [0.5, 0.6) is 11.8 Å². The molecule has 192 valence electrons. The monoisotopic (exact) mass is 537 g/mol. The molecule has 11 heteroatoms. The van der Waals surface area contributed by atoms with E-state index in [-0.39, 0.29) is 12.5 Å². The molecule has 5 heterocycles. The van der Waals surface area contributed by atoms with Crippen LogP contribution < -0.4 is 4.74 Å². The Hall–Kier alpha value is -4.96. The second-order valence-corrected chi connectivity index (χ2v) is 9.36. The topological polar surface area (TPSA) is 105 Å². The van der Waals surface area contributed by atoms with Gasteiger partial charge in [0.2, 0.25) is 11.8 Å². The molecule has 6 aromatic rings. The van der Waals surface area contributed by atoms with Crippen LogP contribution in [0, 0.1) is 6.92 Å². The first kappa shape index (κ1) is 23.2. The average Bonchev–Trinajstić information content (AvgIpc) is 3.70. The van der Waals surface area contributed by atoms with E-state index >= 15 is 0 Å². The molecule has 1 unspecified atom stereocenters. The molecule has 2 aromatic carbocycles. The van der Waals surface area contributed by atoms with E-state index in [2.05, 4.69) is 15.2 Å². The minimum absolute atomic E-state index is 0.0881. The van der Waals surface area contributed by atoms with Crippen LogP contribution in [0.3, 0.4) is 0 Å². The summed E-state index contributed by atoms with van der Waals surface area (Å²) in [5, 5.41) is 14.0. The van der Waals surface area contributed by atoms with E-state index < -0.39 is 0 Å². The van der Waals surface area contributed by atoms with Crippen molar-refractivity contribution < 1.29 is 14.0 Å². The Morgan fingerprint density at radius 3 is 2.67 bits per heavy atom. The van der Waals surface area contributed by atoms with Crippen molar-refractivity contribution in [3.8, 4) is 17.4 Å². The third kappa shape index (κ3) is 4.11. The normalized spacial score (nSPS) is 14.4. The van der Waals surface area contributed by atoms with Crippen LogP contribution in [0.25, 0.3) is 11.3 Å². The van der Waals surface area contributed by atoms with Crippen molar-refractivity contribution in [1.29, 1.82) is 0 Å². The molecule has 39 heavy (non-hydrogen) atoms. The maximum absolute atomic E-state index is 6.39. The molecule has 10 nitrogen and oxygen atoms in total. The van der Waals surface area contributed by atoms with Gasteiger partial charge in [-0.3, -0.25) is 0 Å². The van der Waals surface area contributed by atoms with Crippen LogP contribution >= 0.6 is 11.6 Å². The van der Waals surface area contributed by atoms with E-state index in [0.717, 1.165) is 28.1 Å². The highest BCUT2D eigenvalue weighted by Gasteiger charge is 2.39. The molecule has 0 bridgehead atoms. The highest BCUT2D eigenvalue weighted by atomic mass is 35.5. The summed E-state index contributed by atoms with van der Waals surface area (Å²) in [7, 11) is 0. The van der Waals surface area contributed by atoms with Gasteiger partial charge in [-0.05, 0) is 48.9 Å². The second-order valence-electron chi connectivity index (χ2n) is 8.92. The number of furan rings is 1. The minimum atomic E-state index is -0.370. The first-order chi connectivity index (χ1) is 19.2. The molecule has 0 saturated carbocycles. The molecule has 7 rings (SSSR count). The summed E-state index contributed by atoms with van der Waals surface area (Å²) >= 11 is 6.12. The van der Waals surface area contributed by atoms with Gasteiger partial charge in [0.25, 0.3) is 0 Å². The number of hydrogen-bond acceptors (Lipinski definition) is 8. The third-order valence-corrected chi connectivity index (χ3v) is 6.68. The number of aromatic nitrogens is 6. The summed E-state index contributed by atoms with van der Waals surface area (Å²) in [4.78, 5) is 14.8. The molecule has 1 aliphatic rings. The van der Waals surface area contributed by atoms with Crippen molar-refractivity contribution in [3.05, 3.63) is 118 Å². The number of aryl methyl sites for hydroxylation is 1. The Morgan fingerprint density at radius 1 is 1.03 bits per heavy atom. The summed E-state index contributed by atoms with van der Waals surface area (Å²) < 4.78 is 15.7. The smallest absolute Gasteiger partial charge is 0.230 e. The summed E-state index contributed by atoms with van der Waals surface area (Å²) in [6, 6.07) is 20.9. The predicted molar refractivity (Wildman–Crippen MR) is 143 cm³/mol. The Morgan fingerprint density at radius 2 is 1.87 bits per heavy atom. The van der Waals surface area contributed by atoms with E-state index in [4.69, 9.17) is 35.7 Å². The zero-order chi connectivity index (χ0) is 26.3. The van der Waals surface area contributed by atoms with Crippen molar-refractivity contribution >= 4 is 23.5 Å². The fourth-order valence-corrected chi connectivity index (χ4v) is 4.84.